The Morgan fingerprint density at radius 1 is 1.38 bits per heavy atom. The van der Waals surface area contributed by atoms with Gasteiger partial charge in [-0.3, -0.25) is 9.48 Å². The van der Waals surface area contributed by atoms with Crippen molar-refractivity contribution < 1.29 is 19.1 Å². The molecule has 0 atom stereocenters. The first-order chi connectivity index (χ1) is 10.1. The summed E-state index contributed by atoms with van der Waals surface area (Å²) in [6.45, 7) is 3.51. The Morgan fingerprint density at radius 3 is 2.81 bits per heavy atom. The highest BCUT2D eigenvalue weighted by atomic mass is 16.5. The highest BCUT2D eigenvalue weighted by Crippen LogP contribution is 2.23. The van der Waals surface area contributed by atoms with Crippen molar-refractivity contribution in [2.45, 2.75) is 26.3 Å². The molecule has 0 aliphatic carbocycles. The number of carbonyl (C=O) groups is 2. The lowest BCUT2D eigenvalue weighted by atomic mass is 10.0. The third-order valence-corrected chi connectivity index (χ3v) is 3.54. The van der Waals surface area contributed by atoms with Gasteiger partial charge >= 0.3 is 5.97 Å². The molecule has 7 heteroatoms. The van der Waals surface area contributed by atoms with Crippen molar-refractivity contribution in [3.05, 3.63) is 17.0 Å². The number of carbonyl (C=O) groups excluding carboxylic acids is 2. The van der Waals surface area contributed by atoms with Crippen molar-refractivity contribution in [1.82, 2.24) is 14.7 Å². The zero-order valence-corrected chi connectivity index (χ0v) is 12.7. The second kappa shape index (κ2) is 6.71. The molecule has 1 amide bonds. The average molecular weight is 295 g/mol. The van der Waals surface area contributed by atoms with Gasteiger partial charge in [-0.1, -0.05) is 0 Å². The maximum atomic E-state index is 12.1. The molecule has 0 N–H and O–H groups in total. The number of aryl methyl sites for hydroxylation is 1. The van der Waals surface area contributed by atoms with Gasteiger partial charge < -0.3 is 14.4 Å². The molecule has 0 saturated carbocycles. The molecule has 21 heavy (non-hydrogen) atoms. The Hall–Kier alpha value is -1.89. The molecule has 0 spiro atoms. The van der Waals surface area contributed by atoms with Crippen molar-refractivity contribution in [3.8, 4) is 0 Å². The average Bonchev–Trinajstić information content (AvgIpc) is 2.79. The highest BCUT2D eigenvalue weighted by Gasteiger charge is 2.29. The van der Waals surface area contributed by atoms with E-state index in [2.05, 4.69) is 5.10 Å². The van der Waals surface area contributed by atoms with Crippen LogP contribution in [0.4, 0.5) is 0 Å². The van der Waals surface area contributed by atoms with E-state index in [0.29, 0.717) is 44.8 Å². The maximum absolute atomic E-state index is 12.1. The van der Waals surface area contributed by atoms with E-state index in [-0.39, 0.29) is 11.9 Å². The molecule has 1 aliphatic heterocycles. The van der Waals surface area contributed by atoms with E-state index in [1.54, 1.807) is 30.7 Å². The van der Waals surface area contributed by atoms with Gasteiger partial charge in [-0.2, -0.15) is 5.10 Å². The van der Waals surface area contributed by atoms with Crippen LogP contribution in [0.1, 0.15) is 35.1 Å². The molecule has 116 valence electrons. The minimum absolute atomic E-state index is 0.0289. The molecule has 0 fully saturated rings. The second-order valence-corrected chi connectivity index (χ2v) is 4.93. The fraction of sp³-hybridized carbons (Fsp3) is 0.643. The van der Waals surface area contributed by atoms with Crippen LogP contribution in [-0.4, -0.2) is 53.4 Å². The number of fused-ring (bicyclic) bond motifs is 1. The molecule has 1 aromatic heterocycles. The predicted molar refractivity (Wildman–Crippen MR) is 74.8 cm³/mol. The lowest BCUT2D eigenvalue weighted by Crippen LogP contribution is -2.36. The maximum Gasteiger partial charge on any atom is 0.356 e. The number of aromatic nitrogens is 2. The Morgan fingerprint density at radius 2 is 2.14 bits per heavy atom. The Kier molecular flexibility index (Phi) is 4.95. The van der Waals surface area contributed by atoms with Crippen LogP contribution in [0, 0.1) is 0 Å². The topological polar surface area (TPSA) is 73.7 Å². The first-order valence-electron chi connectivity index (χ1n) is 7.07. The molecule has 0 aromatic carbocycles. The summed E-state index contributed by atoms with van der Waals surface area (Å²) in [5.41, 5.74) is 2.11. The number of hydrogen-bond donors (Lipinski definition) is 0. The van der Waals surface area contributed by atoms with E-state index in [0.717, 1.165) is 11.3 Å². The quantitative estimate of drug-likeness (QED) is 0.740. The van der Waals surface area contributed by atoms with E-state index in [1.807, 2.05) is 0 Å². The Bertz CT molecular complexity index is 539. The SMILES string of the molecule is CCOC(=O)c1c2c(nn1C)CCN(C(=O)CCOC)C2. The standard InChI is InChI=1S/C14H21N3O4/c1-4-21-14(19)13-10-9-17(12(18)6-8-20-3)7-5-11(10)15-16(13)2/h4-9H2,1-3H3. The molecular weight excluding hydrogens is 274 g/mol. The summed E-state index contributed by atoms with van der Waals surface area (Å²) in [6.07, 6.45) is 1.00. The van der Waals surface area contributed by atoms with E-state index in [4.69, 9.17) is 9.47 Å². The summed E-state index contributed by atoms with van der Waals surface area (Å²) in [4.78, 5) is 25.9. The summed E-state index contributed by atoms with van der Waals surface area (Å²) >= 11 is 0. The Balaban J connectivity index is 2.18. The summed E-state index contributed by atoms with van der Waals surface area (Å²) in [7, 11) is 3.29. The number of ether oxygens (including phenoxy) is 2. The van der Waals surface area contributed by atoms with Gasteiger partial charge in [0.05, 0.1) is 25.3 Å². The van der Waals surface area contributed by atoms with Crippen LogP contribution in [0.15, 0.2) is 0 Å². The predicted octanol–water partition coefficient (Wildman–Crippen LogP) is 0.518. The van der Waals surface area contributed by atoms with Crippen LogP contribution in [0.2, 0.25) is 0 Å². The fourth-order valence-electron chi connectivity index (χ4n) is 2.52. The first kappa shape index (κ1) is 15.5. The number of rotatable bonds is 5. The van der Waals surface area contributed by atoms with E-state index >= 15 is 0 Å². The van der Waals surface area contributed by atoms with Crippen molar-refractivity contribution in [1.29, 1.82) is 0 Å². The largest absolute Gasteiger partial charge is 0.461 e. The normalized spacial score (nSPS) is 14.0. The zero-order chi connectivity index (χ0) is 15.4. The number of methoxy groups -OCH3 is 1. The molecule has 2 heterocycles. The third-order valence-electron chi connectivity index (χ3n) is 3.54. The molecule has 7 nitrogen and oxygen atoms in total. The van der Waals surface area contributed by atoms with E-state index in [9.17, 15) is 9.59 Å². The van der Waals surface area contributed by atoms with Crippen molar-refractivity contribution in [2.75, 3.05) is 26.9 Å². The molecule has 2 rings (SSSR count). The van der Waals surface area contributed by atoms with Crippen LogP contribution in [0.3, 0.4) is 0 Å². The van der Waals surface area contributed by atoms with Gasteiger partial charge in [-0.15, -0.1) is 0 Å². The fourth-order valence-corrected chi connectivity index (χ4v) is 2.52. The molecule has 1 aliphatic rings. The molecule has 0 radical (unpaired) electrons. The zero-order valence-electron chi connectivity index (χ0n) is 12.7. The molecular formula is C14H21N3O4. The second-order valence-electron chi connectivity index (χ2n) is 4.93. The van der Waals surface area contributed by atoms with Gasteiger partial charge in [0.1, 0.15) is 0 Å². The Labute approximate surface area is 123 Å². The summed E-state index contributed by atoms with van der Waals surface area (Å²) < 4.78 is 11.6. The van der Waals surface area contributed by atoms with Crippen LogP contribution in [-0.2, 0) is 34.3 Å². The third kappa shape index (κ3) is 3.24. The molecule has 1 aromatic rings. The van der Waals surface area contributed by atoms with Gasteiger partial charge in [0.15, 0.2) is 5.69 Å². The summed E-state index contributed by atoms with van der Waals surface area (Å²) in [5.74, 6) is -0.360. The number of hydrogen-bond acceptors (Lipinski definition) is 5. The molecule has 0 unspecified atom stereocenters. The van der Waals surface area contributed by atoms with Crippen LogP contribution < -0.4 is 0 Å². The van der Waals surface area contributed by atoms with Gasteiger partial charge in [0.2, 0.25) is 5.91 Å². The highest BCUT2D eigenvalue weighted by molar-refractivity contribution is 5.90. The minimum Gasteiger partial charge on any atom is -0.461 e. The summed E-state index contributed by atoms with van der Waals surface area (Å²) in [5, 5.41) is 4.36. The van der Waals surface area contributed by atoms with Crippen LogP contribution in [0.5, 0.6) is 0 Å². The summed E-state index contributed by atoms with van der Waals surface area (Å²) in [6, 6.07) is 0. The first-order valence-corrected chi connectivity index (χ1v) is 7.07. The van der Waals surface area contributed by atoms with Gasteiger partial charge in [0, 0.05) is 39.2 Å². The van der Waals surface area contributed by atoms with Gasteiger partial charge in [0.25, 0.3) is 0 Å². The number of nitrogens with zero attached hydrogens (tertiary/aromatic N) is 3. The number of amides is 1. The van der Waals surface area contributed by atoms with Crippen LogP contribution in [0.25, 0.3) is 0 Å². The molecule has 0 saturated heterocycles. The van der Waals surface area contributed by atoms with E-state index < -0.39 is 0 Å². The van der Waals surface area contributed by atoms with Gasteiger partial charge in [-0.25, -0.2) is 4.79 Å². The minimum atomic E-state index is -0.389. The van der Waals surface area contributed by atoms with Crippen molar-refractivity contribution in [2.24, 2.45) is 7.05 Å². The molecule has 0 bridgehead atoms. The smallest absolute Gasteiger partial charge is 0.356 e. The number of esters is 1. The lowest BCUT2D eigenvalue weighted by molar-refractivity contribution is -0.133. The monoisotopic (exact) mass is 295 g/mol. The van der Waals surface area contributed by atoms with E-state index in [1.165, 1.54) is 0 Å². The van der Waals surface area contributed by atoms with Gasteiger partial charge in [-0.05, 0) is 6.92 Å². The van der Waals surface area contributed by atoms with Crippen molar-refractivity contribution in [3.63, 3.8) is 0 Å². The van der Waals surface area contributed by atoms with Crippen LogP contribution >= 0.6 is 0 Å². The lowest BCUT2D eigenvalue weighted by Gasteiger charge is -2.26. The van der Waals surface area contributed by atoms with Crippen molar-refractivity contribution >= 4 is 11.9 Å².